The number of nitro groups is 1. The number of hydrogen-bond acceptors (Lipinski definition) is 6. The number of nitrogens with one attached hydrogen (secondary N) is 1. The highest BCUT2D eigenvalue weighted by molar-refractivity contribution is 9.10. The highest BCUT2D eigenvalue weighted by atomic mass is 79.9. The van der Waals surface area contributed by atoms with Gasteiger partial charge in [0, 0.05) is 15.6 Å². The van der Waals surface area contributed by atoms with Gasteiger partial charge < -0.3 is 14.9 Å². The monoisotopic (exact) mass is 549 g/mol. The normalized spacial score (nSPS) is 11.0. The quantitative estimate of drug-likeness (QED) is 0.265. The van der Waals surface area contributed by atoms with Gasteiger partial charge in [-0.25, -0.2) is 5.43 Å². The van der Waals surface area contributed by atoms with Gasteiger partial charge in [0.05, 0.1) is 30.7 Å². The molecule has 1 amide bonds. The number of hydrogen-bond donors (Lipinski definition) is 1. The summed E-state index contributed by atoms with van der Waals surface area (Å²) in [5.41, 5.74) is 5.05. The first-order valence-electron chi connectivity index (χ1n) is 8.93. The number of amides is 1. The van der Waals surface area contributed by atoms with Crippen LogP contribution in [0.4, 0.5) is 5.82 Å². The number of halogens is 2. The molecule has 3 rings (SSSR count). The smallest absolute Gasteiger partial charge is 0.404 e. The average molecular weight is 551 g/mol. The van der Waals surface area contributed by atoms with Crippen LogP contribution in [-0.2, 0) is 6.54 Å². The van der Waals surface area contributed by atoms with Crippen LogP contribution in [-0.4, -0.2) is 33.9 Å². The number of methoxy groups -OCH3 is 1. The summed E-state index contributed by atoms with van der Waals surface area (Å²) in [5.74, 6) is 0.0244. The lowest BCUT2D eigenvalue weighted by atomic mass is 10.1. The van der Waals surface area contributed by atoms with Crippen molar-refractivity contribution >= 4 is 49.8 Å². The Kier molecular flexibility index (Phi) is 7.18. The van der Waals surface area contributed by atoms with Crippen LogP contribution in [0.25, 0.3) is 0 Å². The Morgan fingerprint density at radius 2 is 2.00 bits per heavy atom. The zero-order chi connectivity index (χ0) is 22.5. The van der Waals surface area contributed by atoms with Crippen molar-refractivity contribution in [2.24, 2.45) is 5.10 Å². The minimum atomic E-state index is -0.540. The number of benzene rings is 2. The molecule has 1 aromatic heterocycles. The van der Waals surface area contributed by atoms with Crippen LogP contribution in [0.5, 0.6) is 5.75 Å². The fourth-order valence-electron chi connectivity index (χ4n) is 2.77. The van der Waals surface area contributed by atoms with E-state index in [0.29, 0.717) is 27.0 Å². The summed E-state index contributed by atoms with van der Waals surface area (Å²) in [5, 5.41) is 19.2. The lowest BCUT2D eigenvalue weighted by Gasteiger charge is -2.09. The summed E-state index contributed by atoms with van der Waals surface area (Å²) in [6, 6.07) is 12.3. The predicted molar refractivity (Wildman–Crippen MR) is 123 cm³/mol. The van der Waals surface area contributed by atoms with Crippen LogP contribution in [0.2, 0.25) is 0 Å². The van der Waals surface area contributed by atoms with Crippen LogP contribution in [0.15, 0.2) is 56.5 Å². The van der Waals surface area contributed by atoms with Crippen LogP contribution in [0.1, 0.15) is 27.2 Å². The van der Waals surface area contributed by atoms with Gasteiger partial charge in [-0.05, 0) is 75.8 Å². The molecule has 0 fully saturated rings. The minimum Gasteiger partial charge on any atom is -0.496 e. The van der Waals surface area contributed by atoms with Crippen LogP contribution < -0.4 is 10.2 Å². The van der Waals surface area contributed by atoms with Gasteiger partial charge in [-0.2, -0.15) is 9.78 Å². The summed E-state index contributed by atoms with van der Waals surface area (Å²) in [6.45, 7) is 1.99. The molecule has 0 saturated heterocycles. The van der Waals surface area contributed by atoms with Gasteiger partial charge in [-0.15, -0.1) is 0 Å². The van der Waals surface area contributed by atoms with Crippen molar-refractivity contribution in [1.29, 1.82) is 0 Å². The second-order valence-corrected chi connectivity index (χ2v) is 8.12. The Morgan fingerprint density at radius 3 is 2.61 bits per heavy atom. The van der Waals surface area contributed by atoms with E-state index in [0.717, 1.165) is 10.0 Å². The molecule has 0 bridgehead atoms. The number of rotatable bonds is 7. The van der Waals surface area contributed by atoms with Crippen molar-refractivity contribution in [2.45, 2.75) is 13.5 Å². The van der Waals surface area contributed by atoms with E-state index in [1.807, 2.05) is 6.07 Å². The molecule has 160 valence electrons. The first-order valence-corrected chi connectivity index (χ1v) is 10.5. The average Bonchev–Trinajstić information content (AvgIpc) is 3.03. The van der Waals surface area contributed by atoms with Crippen LogP contribution >= 0.6 is 31.9 Å². The Labute approximate surface area is 194 Å². The molecule has 0 aliphatic heterocycles. The molecular weight excluding hydrogens is 534 g/mol. The van der Waals surface area contributed by atoms with E-state index in [1.165, 1.54) is 10.9 Å². The summed E-state index contributed by atoms with van der Waals surface area (Å²) in [4.78, 5) is 22.7. The zero-order valence-corrected chi connectivity index (χ0v) is 19.7. The first kappa shape index (κ1) is 22.6. The Balaban J connectivity index is 1.78. The van der Waals surface area contributed by atoms with Crippen LogP contribution in [0, 0.1) is 17.0 Å². The summed E-state index contributed by atoms with van der Waals surface area (Å²) in [6.07, 6.45) is 1.51. The lowest BCUT2D eigenvalue weighted by Crippen LogP contribution is -2.17. The Bertz CT molecular complexity index is 1160. The number of hydrazone groups is 1. The van der Waals surface area contributed by atoms with E-state index in [2.05, 4.69) is 47.5 Å². The number of nitrogens with zero attached hydrogens (tertiary/aromatic N) is 4. The highest BCUT2D eigenvalue weighted by Gasteiger charge is 2.24. The minimum absolute atomic E-state index is 0.246. The molecule has 0 unspecified atom stereocenters. The third-order valence-electron chi connectivity index (χ3n) is 4.40. The summed E-state index contributed by atoms with van der Waals surface area (Å²) in [7, 11) is 1.54. The summed E-state index contributed by atoms with van der Waals surface area (Å²) < 4.78 is 8.14. The highest BCUT2D eigenvalue weighted by Crippen LogP contribution is 2.29. The number of ether oxygens (including phenoxy) is 1. The van der Waals surface area contributed by atoms with E-state index < -0.39 is 4.92 Å². The van der Waals surface area contributed by atoms with Gasteiger partial charge in [0.1, 0.15) is 10.2 Å². The van der Waals surface area contributed by atoms with Crippen molar-refractivity contribution in [3.8, 4) is 5.75 Å². The molecular formula is C20H17Br2N5O4. The zero-order valence-electron chi connectivity index (χ0n) is 16.5. The number of carbonyl (C=O) groups is 1. The molecule has 9 nitrogen and oxygen atoms in total. The molecule has 1 N–H and O–H groups in total. The van der Waals surface area contributed by atoms with Crippen molar-refractivity contribution in [3.63, 3.8) is 0 Å². The lowest BCUT2D eigenvalue weighted by molar-refractivity contribution is -0.390. The largest absolute Gasteiger partial charge is 0.496 e. The fourth-order valence-corrected chi connectivity index (χ4v) is 3.47. The fraction of sp³-hybridized carbons (Fsp3) is 0.150. The molecule has 2 aromatic carbocycles. The van der Waals surface area contributed by atoms with E-state index in [4.69, 9.17) is 4.74 Å². The predicted octanol–water partition coefficient (Wildman–Crippen LogP) is 4.45. The molecule has 0 saturated carbocycles. The SMILES string of the molecule is COc1ccc(/C=N/NC(=O)c2ccc(Br)cc2)cc1Cn1nc([N+](=O)[O-])c(Br)c1C. The summed E-state index contributed by atoms with van der Waals surface area (Å²) >= 11 is 6.54. The van der Waals surface area contributed by atoms with Crippen LogP contribution in [0.3, 0.4) is 0 Å². The van der Waals surface area contributed by atoms with Gasteiger partial charge >= 0.3 is 5.82 Å². The van der Waals surface area contributed by atoms with E-state index in [-0.39, 0.29) is 18.3 Å². The first-order chi connectivity index (χ1) is 14.8. The molecule has 0 radical (unpaired) electrons. The third kappa shape index (κ3) is 5.36. The molecule has 31 heavy (non-hydrogen) atoms. The van der Waals surface area contributed by atoms with Crippen molar-refractivity contribution in [3.05, 3.63) is 83.9 Å². The number of carbonyl (C=O) groups excluding carboxylic acids is 1. The molecule has 0 aliphatic carbocycles. The van der Waals surface area contributed by atoms with E-state index >= 15 is 0 Å². The second-order valence-electron chi connectivity index (χ2n) is 6.42. The molecule has 0 aliphatic rings. The Hall–Kier alpha value is -3.05. The van der Waals surface area contributed by atoms with Gasteiger partial charge in [0.15, 0.2) is 0 Å². The maximum absolute atomic E-state index is 12.2. The maximum Gasteiger partial charge on any atom is 0.404 e. The van der Waals surface area contributed by atoms with E-state index in [1.54, 1.807) is 50.4 Å². The molecule has 0 atom stereocenters. The Morgan fingerprint density at radius 1 is 1.29 bits per heavy atom. The van der Waals surface area contributed by atoms with Gasteiger partial charge in [0.25, 0.3) is 5.91 Å². The van der Waals surface area contributed by atoms with Gasteiger partial charge in [-0.3, -0.25) is 4.79 Å². The van der Waals surface area contributed by atoms with Gasteiger partial charge in [-0.1, -0.05) is 15.9 Å². The molecule has 3 aromatic rings. The van der Waals surface area contributed by atoms with Crippen molar-refractivity contribution in [1.82, 2.24) is 15.2 Å². The maximum atomic E-state index is 12.2. The second kappa shape index (κ2) is 9.84. The van der Waals surface area contributed by atoms with E-state index in [9.17, 15) is 14.9 Å². The number of aromatic nitrogens is 2. The van der Waals surface area contributed by atoms with Crippen molar-refractivity contribution in [2.75, 3.05) is 7.11 Å². The van der Waals surface area contributed by atoms with Gasteiger partial charge in [0.2, 0.25) is 0 Å². The topological polar surface area (TPSA) is 112 Å². The molecule has 0 spiro atoms. The molecule has 11 heteroatoms. The standard InChI is InChI=1S/C20H17Br2N5O4/c1-12-18(22)19(27(29)30)25-26(12)11-15-9-13(3-8-17(15)31-2)10-23-24-20(28)14-4-6-16(21)7-5-14/h3-10H,11H2,1-2H3,(H,24,28)/b23-10+. The molecule has 1 heterocycles. The van der Waals surface area contributed by atoms with Crippen molar-refractivity contribution < 1.29 is 14.5 Å². The third-order valence-corrected chi connectivity index (χ3v) is 5.86.